The molecule has 1 aromatic heterocycles. The van der Waals surface area contributed by atoms with Gasteiger partial charge in [0, 0.05) is 35.7 Å². The zero-order chi connectivity index (χ0) is 20.4. The number of methoxy groups -OCH3 is 1. The second-order valence-corrected chi connectivity index (χ2v) is 7.21. The molecule has 0 spiro atoms. The molecule has 2 heterocycles. The molecule has 1 saturated heterocycles. The molecule has 1 fully saturated rings. The molecule has 1 N–H and O–H groups in total. The van der Waals surface area contributed by atoms with E-state index in [1.807, 2.05) is 18.2 Å². The van der Waals surface area contributed by atoms with Gasteiger partial charge in [-0.3, -0.25) is 9.59 Å². The van der Waals surface area contributed by atoms with E-state index >= 15 is 0 Å². The summed E-state index contributed by atoms with van der Waals surface area (Å²) in [7, 11) is 1.56. The normalized spacial score (nSPS) is 13.9. The van der Waals surface area contributed by atoms with E-state index in [4.69, 9.17) is 9.15 Å². The lowest BCUT2D eigenvalue weighted by molar-refractivity contribution is -0.117. The summed E-state index contributed by atoms with van der Waals surface area (Å²) < 4.78 is 11.1. The van der Waals surface area contributed by atoms with Crippen molar-refractivity contribution in [1.82, 2.24) is 0 Å². The van der Waals surface area contributed by atoms with Crippen molar-refractivity contribution in [2.75, 3.05) is 23.9 Å². The van der Waals surface area contributed by atoms with Gasteiger partial charge in [0.2, 0.25) is 11.8 Å². The molecule has 0 radical (unpaired) electrons. The van der Waals surface area contributed by atoms with Gasteiger partial charge in [-0.25, -0.2) is 0 Å². The van der Waals surface area contributed by atoms with Gasteiger partial charge < -0.3 is 19.4 Å². The summed E-state index contributed by atoms with van der Waals surface area (Å²) >= 11 is 0. The first kappa shape index (κ1) is 19.1. The van der Waals surface area contributed by atoms with Gasteiger partial charge in [0.15, 0.2) is 0 Å². The highest BCUT2D eigenvalue weighted by Gasteiger charge is 2.24. The second-order valence-electron chi connectivity index (χ2n) is 7.21. The van der Waals surface area contributed by atoms with Crippen LogP contribution in [0, 0.1) is 0 Å². The third-order valence-electron chi connectivity index (χ3n) is 5.31. The molecule has 4 rings (SSSR count). The average Bonchev–Trinajstić information content (AvgIpc) is 3.33. The van der Waals surface area contributed by atoms with E-state index in [-0.39, 0.29) is 18.2 Å². The third-order valence-corrected chi connectivity index (χ3v) is 5.31. The number of nitrogens with zero attached hydrogens (tertiary/aromatic N) is 1. The Morgan fingerprint density at radius 2 is 2.10 bits per heavy atom. The highest BCUT2D eigenvalue weighted by Crippen LogP contribution is 2.34. The molecule has 29 heavy (non-hydrogen) atoms. The number of carbonyl (C=O) groups excluding carboxylic acids is 2. The molecule has 1 aliphatic heterocycles. The smallest absolute Gasteiger partial charge is 0.228 e. The monoisotopic (exact) mass is 392 g/mol. The van der Waals surface area contributed by atoms with Crippen LogP contribution in [0.2, 0.25) is 0 Å². The Morgan fingerprint density at radius 3 is 2.83 bits per heavy atom. The van der Waals surface area contributed by atoms with Crippen molar-refractivity contribution in [2.45, 2.75) is 32.6 Å². The van der Waals surface area contributed by atoms with E-state index in [0.717, 1.165) is 35.1 Å². The molecular formula is C23H24N2O4. The van der Waals surface area contributed by atoms with Gasteiger partial charge in [0.05, 0.1) is 25.5 Å². The summed E-state index contributed by atoms with van der Waals surface area (Å²) in [6.45, 7) is 2.78. The Hall–Kier alpha value is -3.28. The molecule has 150 valence electrons. The van der Waals surface area contributed by atoms with E-state index in [2.05, 4.69) is 18.3 Å². The van der Waals surface area contributed by atoms with E-state index in [0.29, 0.717) is 24.4 Å². The number of aryl methyl sites for hydroxylation is 1. The van der Waals surface area contributed by atoms with Gasteiger partial charge in [-0.15, -0.1) is 0 Å². The van der Waals surface area contributed by atoms with E-state index < -0.39 is 0 Å². The molecule has 0 aliphatic carbocycles. The number of fused-ring (bicyclic) bond motifs is 1. The molecule has 0 bridgehead atoms. The van der Waals surface area contributed by atoms with Crippen LogP contribution in [0.4, 0.5) is 11.4 Å². The van der Waals surface area contributed by atoms with E-state index in [9.17, 15) is 9.59 Å². The number of amides is 2. The minimum absolute atomic E-state index is 0.0955. The number of rotatable bonds is 6. The maximum absolute atomic E-state index is 12.6. The number of nitrogens with one attached hydrogen (secondary N) is 1. The van der Waals surface area contributed by atoms with Crippen LogP contribution in [0.5, 0.6) is 5.75 Å². The van der Waals surface area contributed by atoms with Crippen LogP contribution in [0.25, 0.3) is 11.0 Å². The molecule has 2 aromatic carbocycles. The van der Waals surface area contributed by atoms with Crippen LogP contribution < -0.4 is 15.0 Å². The number of carbonyl (C=O) groups is 2. The number of furan rings is 1. The summed E-state index contributed by atoms with van der Waals surface area (Å²) in [5.74, 6) is 0.524. The Kier molecular flexibility index (Phi) is 5.25. The highest BCUT2D eigenvalue weighted by molar-refractivity contribution is 5.98. The summed E-state index contributed by atoms with van der Waals surface area (Å²) in [6, 6.07) is 11.4. The molecule has 2 amide bonds. The van der Waals surface area contributed by atoms with Crippen molar-refractivity contribution in [1.29, 1.82) is 0 Å². The van der Waals surface area contributed by atoms with Crippen molar-refractivity contribution in [3.63, 3.8) is 0 Å². The largest absolute Gasteiger partial charge is 0.494 e. The zero-order valence-electron chi connectivity index (χ0n) is 16.7. The molecule has 0 atom stereocenters. The van der Waals surface area contributed by atoms with Gasteiger partial charge in [-0.05, 0) is 36.6 Å². The van der Waals surface area contributed by atoms with Crippen molar-refractivity contribution in [3.05, 3.63) is 53.8 Å². The van der Waals surface area contributed by atoms with Gasteiger partial charge in [0.1, 0.15) is 11.3 Å². The summed E-state index contributed by atoms with van der Waals surface area (Å²) in [4.78, 5) is 26.3. The van der Waals surface area contributed by atoms with Crippen LogP contribution in [0.1, 0.15) is 30.9 Å². The standard InChI is InChI=1S/C23H24N2O4/c1-3-15-6-8-18-16(14-29-20(18)11-15)12-22(26)24-17-7-9-19(21(13-17)28-2)25-10-4-5-23(25)27/h6-9,11,13-14H,3-5,10,12H2,1-2H3,(H,24,26). The first-order chi connectivity index (χ1) is 14.1. The van der Waals surface area contributed by atoms with Crippen LogP contribution in [0.3, 0.4) is 0 Å². The number of hydrogen-bond donors (Lipinski definition) is 1. The molecule has 1 aliphatic rings. The summed E-state index contributed by atoms with van der Waals surface area (Å²) in [5.41, 5.74) is 4.22. The lowest BCUT2D eigenvalue weighted by atomic mass is 10.1. The number of ether oxygens (including phenoxy) is 1. The van der Waals surface area contributed by atoms with E-state index in [1.54, 1.807) is 30.4 Å². The van der Waals surface area contributed by atoms with Crippen LogP contribution in [0.15, 0.2) is 47.1 Å². The number of benzene rings is 2. The van der Waals surface area contributed by atoms with Gasteiger partial charge in [-0.2, -0.15) is 0 Å². The van der Waals surface area contributed by atoms with E-state index in [1.165, 1.54) is 5.56 Å². The fraction of sp³-hybridized carbons (Fsp3) is 0.304. The van der Waals surface area contributed by atoms with Crippen molar-refractivity contribution in [2.24, 2.45) is 0 Å². The molecular weight excluding hydrogens is 368 g/mol. The highest BCUT2D eigenvalue weighted by atomic mass is 16.5. The summed E-state index contributed by atoms with van der Waals surface area (Å²) in [5, 5.41) is 3.86. The zero-order valence-corrected chi connectivity index (χ0v) is 16.7. The Bertz CT molecular complexity index is 1070. The lowest BCUT2D eigenvalue weighted by Crippen LogP contribution is -2.24. The van der Waals surface area contributed by atoms with Gasteiger partial charge in [0.25, 0.3) is 0 Å². The maximum atomic E-state index is 12.6. The summed E-state index contributed by atoms with van der Waals surface area (Å²) in [6.07, 6.45) is 4.20. The molecule has 6 heteroatoms. The predicted molar refractivity (Wildman–Crippen MR) is 113 cm³/mol. The Balaban J connectivity index is 1.49. The number of anilines is 2. The fourth-order valence-corrected chi connectivity index (χ4v) is 3.74. The van der Waals surface area contributed by atoms with Crippen molar-refractivity contribution < 1.29 is 18.7 Å². The minimum Gasteiger partial charge on any atom is -0.494 e. The molecule has 6 nitrogen and oxygen atoms in total. The molecule has 0 unspecified atom stereocenters. The van der Waals surface area contributed by atoms with Gasteiger partial charge in [-0.1, -0.05) is 19.1 Å². The number of hydrogen-bond acceptors (Lipinski definition) is 4. The average molecular weight is 392 g/mol. The van der Waals surface area contributed by atoms with Gasteiger partial charge >= 0.3 is 0 Å². The van der Waals surface area contributed by atoms with Crippen molar-refractivity contribution in [3.8, 4) is 5.75 Å². The first-order valence-corrected chi connectivity index (χ1v) is 9.86. The van der Waals surface area contributed by atoms with Crippen LogP contribution in [-0.4, -0.2) is 25.5 Å². The predicted octanol–water partition coefficient (Wildman–Crippen LogP) is 4.31. The van der Waals surface area contributed by atoms with Crippen LogP contribution >= 0.6 is 0 Å². The maximum Gasteiger partial charge on any atom is 0.228 e. The third kappa shape index (κ3) is 3.83. The SMILES string of the molecule is CCc1ccc2c(CC(=O)Nc3ccc(N4CCCC4=O)c(OC)c3)coc2c1. The lowest BCUT2D eigenvalue weighted by Gasteiger charge is -2.19. The molecule has 3 aromatic rings. The second kappa shape index (κ2) is 7.99. The minimum atomic E-state index is -0.140. The Morgan fingerprint density at radius 1 is 1.24 bits per heavy atom. The van der Waals surface area contributed by atoms with Crippen LogP contribution in [-0.2, 0) is 22.4 Å². The Labute approximate surface area is 169 Å². The first-order valence-electron chi connectivity index (χ1n) is 9.86. The topological polar surface area (TPSA) is 71.8 Å². The van der Waals surface area contributed by atoms with Crippen molar-refractivity contribution >= 4 is 34.2 Å². The quantitative estimate of drug-likeness (QED) is 0.678. The fourth-order valence-electron chi connectivity index (χ4n) is 3.74. The molecule has 0 saturated carbocycles.